The molecule has 17 heavy (non-hydrogen) atoms. The Kier molecular flexibility index (Phi) is 4.00. The number of rotatable bonds is 4. The van der Waals surface area contributed by atoms with E-state index in [1.165, 1.54) is 25.7 Å². The van der Waals surface area contributed by atoms with Crippen molar-refractivity contribution in [2.75, 3.05) is 19.0 Å². The predicted octanol–water partition coefficient (Wildman–Crippen LogP) is 2.92. The molecule has 0 atom stereocenters. The Morgan fingerprint density at radius 3 is 2.71 bits per heavy atom. The summed E-state index contributed by atoms with van der Waals surface area (Å²) < 4.78 is 14.0. The van der Waals surface area contributed by atoms with Gasteiger partial charge in [0, 0.05) is 19.6 Å². The zero-order valence-corrected chi connectivity index (χ0v) is 10.7. The highest BCUT2D eigenvalue weighted by Gasteiger charge is 2.23. The summed E-state index contributed by atoms with van der Waals surface area (Å²) in [5.41, 5.74) is 1.82. The van der Waals surface area contributed by atoms with E-state index < -0.39 is 0 Å². The van der Waals surface area contributed by atoms with Gasteiger partial charge in [-0.25, -0.2) is 4.39 Å². The summed E-state index contributed by atoms with van der Waals surface area (Å²) in [6.45, 7) is 0.712. The Morgan fingerprint density at radius 2 is 2.06 bits per heavy atom. The van der Waals surface area contributed by atoms with Gasteiger partial charge < -0.3 is 10.2 Å². The first-order chi connectivity index (χ1) is 8.24. The topological polar surface area (TPSA) is 15.3 Å². The highest BCUT2D eigenvalue weighted by atomic mass is 19.1. The van der Waals surface area contributed by atoms with Crippen LogP contribution in [-0.2, 0) is 6.54 Å². The highest BCUT2D eigenvalue weighted by molar-refractivity contribution is 5.55. The number of halogens is 1. The monoisotopic (exact) mass is 236 g/mol. The first kappa shape index (κ1) is 12.4. The molecule has 0 amide bonds. The average Bonchev–Trinajstić information content (AvgIpc) is 2.82. The van der Waals surface area contributed by atoms with E-state index in [0.717, 1.165) is 11.3 Å². The van der Waals surface area contributed by atoms with Crippen LogP contribution in [0.15, 0.2) is 18.2 Å². The van der Waals surface area contributed by atoms with E-state index in [9.17, 15) is 4.39 Å². The molecule has 1 aliphatic rings. The second-order valence-corrected chi connectivity index (χ2v) is 4.83. The predicted molar refractivity (Wildman–Crippen MR) is 69.8 cm³/mol. The van der Waals surface area contributed by atoms with E-state index >= 15 is 0 Å². The number of hydrogen-bond acceptors (Lipinski definition) is 2. The van der Waals surface area contributed by atoms with Gasteiger partial charge in [0.1, 0.15) is 5.82 Å². The molecule has 1 fully saturated rings. The van der Waals surface area contributed by atoms with Gasteiger partial charge in [-0.2, -0.15) is 0 Å². The number of nitrogens with one attached hydrogen (secondary N) is 1. The molecule has 0 heterocycles. The number of nitrogens with zero attached hydrogens (tertiary/aromatic N) is 1. The molecule has 0 spiro atoms. The summed E-state index contributed by atoms with van der Waals surface area (Å²) in [5.74, 6) is -0.104. The average molecular weight is 236 g/mol. The SMILES string of the molecule is CNCc1cccc(F)c1N(C)C1CCCC1. The normalized spacial score (nSPS) is 16.4. The first-order valence-electron chi connectivity index (χ1n) is 6.39. The second-order valence-electron chi connectivity index (χ2n) is 4.83. The first-order valence-corrected chi connectivity index (χ1v) is 6.39. The molecule has 3 heteroatoms. The maximum atomic E-state index is 14.0. The summed E-state index contributed by atoms with van der Waals surface area (Å²) in [5, 5.41) is 3.10. The lowest BCUT2D eigenvalue weighted by molar-refractivity contribution is 0.590. The lowest BCUT2D eigenvalue weighted by Crippen LogP contribution is -2.31. The van der Waals surface area contributed by atoms with Crippen molar-refractivity contribution < 1.29 is 4.39 Å². The summed E-state index contributed by atoms with van der Waals surface area (Å²) in [7, 11) is 3.91. The maximum absolute atomic E-state index is 14.0. The molecule has 1 aromatic rings. The molecule has 0 saturated heterocycles. The van der Waals surface area contributed by atoms with E-state index in [1.807, 2.05) is 20.2 Å². The minimum Gasteiger partial charge on any atom is -0.369 e. The fraction of sp³-hybridized carbons (Fsp3) is 0.571. The van der Waals surface area contributed by atoms with Crippen LogP contribution in [0.5, 0.6) is 0 Å². The van der Waals surface area contributed by atoms with Crippen LogP contribution >= 0.6 is 0 Å². The van der Waals surface area contributed by atoms with Gasteiger partial charge in [0.05, 0.1) is 5.69 Å². The van der Waals surface area contributed by atoms with Gasteiger partial charge in [-0.05, 0) is 31.5 Å². The molecule has 0 unspecified atom stereocenters. The molecular formula is C14H21FN2. The van der Waals surface area contributed by atoms with Crippen LogP contribution < -0.4 is 10.2 Å². The lowest BCUT2D eigenvalue weighted by Gasteiger charge is -2.29. The molecule has 94 valence electrons. The van der Waals surface area contributed by atoms with Crippen LogP contribution in [-0.4, -0.2) is 20.1 Å². The Hall–Kier alpha value is -1.09. The van der Waals surface area contributed by atoms with E-state index in [2.05, 4.69) is 10.2 Å². The lowest BCUT2D eigenvalue weighted by atomic mass is 10.1. The zero-order chi connectivity index (χ0) is 12.3. The minimum absolute atomic E-state index is 0.104. The standard InChI is InChI=1S/C14H21FN2/c1-16-10-11-6-5-9-13(15)14(11)17(2)12-7-3-4-8-12/h5-6,9,12,16H,3-4,7-8,10H2,1-2H3. The fourth-order valence-corrected chi connectivity index (χ4v) is 2.76. The Bertz CT molecular complexity index is 372. The number of anilines is 1. The van der Waals surface area contributed by atoms with Crippen LogP contribution in [0, 0.1) is 5.82 Å². The maximum Gasteiger partial charge on any atom is 0.146 e. The minimum atomic E-state index is -0.104. The Morgan fingerprint density at radius 1 is 1.35 bits per heavy atom. The number of para-hydroxylation sites is 1. The van der Waals surface area contributed by atoms with E-state index in [1.54, 1.807) is 12.1 Å². The third-order valence-electron chi connectivity index (χ3n) is 3.66. The molecule has 1 aromatic carbocycles. The molecule has 1 N–H and O–H groups in total. The zero-order valence-electron chi connectivity index (χ0n) is 10.7. The summed E-state index contributed by atoms with van der Waals surface area (Å²) >= 11 is 0. The molecule has 1 saturated carbocycles. The number of benzene rings is 1. The molecule has 2 nitrogen and oxygen atoms in total. The van der Waals surface area contributed by atoms with Gasteiger partial charge in [-0.15, -0.1) is 0 Å². The molecule has 0 radical (unpaired) electrons. The van der Waals surface area contributed by atoms with Crippen LogP contribution in [0.1, 0.15) is 31.2 Å². The van der Waals surface area contributed by atoms with Crippen LogP contribution in [0.3, 0.4) is 0 Å². The molecule has 2 rings (SSSR count). The smallest absolute Gasteiger partial charge is 0.146 e. The van der Waals surface area contributed by atoms with Crippen molar-refractivity contribution in [1.82, 2.24) is 5.32 Å². The van der Waals surface area contributed by atoms with Crippen LogP contribution in [0.2, 0.25) is 0 Å². The van der Waals surface area contributed by atoms with Gasteiger partial charge in [0.25, 0.3) is 0 Å². The molecule has 0 bridgehead atoms. The number of hydrogen-bond donors (Lipinski definition) is 1. The van der Waals surface area contributed by atoms with E-state index in [-0.39, 0.29) is 5.82 Å². The van der Waals surface area contributed by atoms with Crippen molar-refractivity contribution in [1.29, 1.82) is 0 Å². The van der Waals surface area contributed by atoms with Crippen molar-refractivity contribution in [2.45, 2.75) is 38.3 Å². The van der Waals surface area contributed by atoms with Crippen LogP contribution in [0.4, 0.5) is 10.1 Å². The largest absolute Gasteiger partial charge is 0.369 e. The van der Waals surface area contributed by atoms with Crippen LogP contribution in [0.25, 0.3) is 0 Å². The van der Waals surface area contributed by atoms with Crippen molar-refractivity contribution in [3.63, 3.8) is 0 Å². The summed E-state index contributed by atoms with van der Waals surface area (Å²) in [6, 6.07) is 5.84. The van der Waals surface area contributed by atoms with E-state index in [4.69, 9.17) is 0 Å². The molecule has 0 aliphatic heterocycles. The van der Waals surface area contributed by atoms with Crippen molar-refractivity contribution in [2.24, 2.45) is 0 Å². The third-order valence-corrected chi connectivity index (χ3v) is 3.66. The highest BCUT2D eigenvalue weighted by Crippen LogP contribution is 2.31. The van der Waals surface area contributed by atoms with Gasteiger partial charge in [-0.1, -0.05) is 25.0 Å². The quantitative estimate of drug-likeness (QED) is 0.864. The molecule has 0 aromatic heterocycles. The Balaban J connectivity index is 2.28. The molecule has 1 aliphatic carbocycles. The van der Waals surface area contributed by atoms with E-state index in [0.29, 0.717) is 12.6 Å². The van der Waals surface area contributed by atoms with Gasteiger partial charge >= 0.3 is 0 Å². The van der Waals surface area contributed by atoms with Crippen molar-refractivity contribution >= 4 is 5.69 Å². The molecular weight excluding hydrogens is 215 g/mol. The van der Waals surface area contributed by atoms with Gasteiger partial charge in [0.15, 0.2) is 0 Å². The Labute approximate surface area is 103 Å². The van der Waals surface area contributed by atoms with Gasteiger partial charge in [-0.3, -0.25) is 0 Å². The third kappa shape index (κ3) is 2.60. The van der Waals surface area contributed by atoms with Crippen molar-refractivity contribution in [3.8, 4) is 0 Å². The summed E-state index contributed by atoms with van der Waals surface area (Å²) in [6.07, 6.45) is 4.91. The second kappa shape index (κ2) is 5.50. The van der Waals surface area contributed by atoms with Gasteiger partial charge in [0.2, 0.25) is 0 Å². The van der Waals surface area contributed by atoms with Crippen molar-refractivity contribution in [3.05, 3.63) is 29.6 Å². The summed E-state index contributed by atoms with van der Waals surface area (Å²) in [4.78, 5) is 2.13. The fourth-order valence-electron chi connectivity index (χ4n) is 2.76.